The molecule has 0 spiro atoms. The van der Waals surface area contributed by atoms with Crippen LogP contribution in [0.1, 0.15) is 41.7 Å². The lowest BCUT2D eigenvalue weighted by Crippen LogP contribution is -2.24. The summed E-state index contributed by atoms with van der Waals surface area (Å²) in [6, 6.07) is 13.5. The highest BCUT2D eigenvalue weighted by atomic mass is 35.5. The molecule has 28 heavy (non-hydrogen) atoms. The highest BCUT2D eigenvalue weighted by Gasteiger charge is 2.25. The second-order valence-electron chi connectivity index (χ2n) is 7.09. The third-order valence-electron chi connectivity index (χ3n) is 5.03. The first-order chi connectivity index (χ1) is 13.6. The minimum atomic E-state index is -0.375. The van der Waals surface area contributed by atoms with Crippen LogP contribution < -0.4 is 5.69 Å². The van der Waals surface area contributed by atoms with E-state index in [1.807, 2.05) is 24.3 Å². The molecule has 0 bridgehead atoms. The normalized spacial score (nSPS) is 13.9. The summed E-state index contributed by atoms with van der Waals surface area (Å²) >= 11 is 6.40. The molecule has 140 valence electrons. The van der Waals surface area contributed by atoms with Gasteiger partial charge >= 0.3 is 5.69 Å². The van der Waals surface area contributed by atoms with Crippen LogP contribution in [0, 0.1) is 6.92 Å². The zero-order valence-corrected chi connectivity index (χ0v) is 16.0. The summed E-state index contributed by atoms with van der Waals surface area (Å²) in [7, 11) is 0. The third-order valence-corrected chi connectivity index (χ3v) is 5.35. The highest BCUT2D eigenvalue weighted by Crippen LogP contribution is 2.41. The standard InChI is InChI=1S/C21H17ClN4O2/c1-12-23-20(28-25-12)11-17-15-9-8-14(13-6-7-13)10-19(15)26(21(27)24-17)18-5-3-2-4-16(18)22/h2-5,8-10,13H,6-7,11H2,1H3. The molecule has 0 N–H and O–H groups in total. The Morgan fingerprint density at radius 3 is 2.71 bits per heavy atom. The maximum atomic E-state index is 13.0. The molecule has 0 atom stereocenters. The van der Waals surface area contributed by atoms with E-state index in [2.05, 4.69) is 27.3 Å². The Morgan fingerprint density at radius 2 is 2.00 bits per heavy atom. The number of aromatic nitrogens is 4. The summed E-state index contributed by atoms with van der Waals surface area (Å²) in [5.41, 5.74) is 2.90. The van der Waals surface area contributed by atoms with E-state index < -0.39 is 0 Å². The van der Waals surface area contributed by atoms with Gasteiger partial charge in [0.25, 0.3) is 0 Å². The summed E-state index contributed by atoms with van der Waals surface area (Å²) in [5, 5.41) is 5.20. The fourth-order valence-electron chi connectivity index (χ4n) is 3.53. The first kappa shape index (κ1) is 17.1. The van der Waals surface area contributed by atoms with Crippen LogP contribution in [0.3, 0.4) is 0 Å². The van der Waals surface area contributed by atoms with E-state index in [0.717, 1.165) is 10.9 Å². The molecule has 0 aliphatic heterocycles. The Morgan fingerprint density at radius 1 is 1.18 bits per heavy atom. The van der Waals surface area contributed by atoms with Crippen LogP contribution in [0.15, 0.2) is 51.8 Å². The predicted octanol–water partition coefficient (Wildman–Crippen LogP) is 4.20. The molecule has 2 aromatic carbocycles. The lowest BCUT2D eigenvalue weighted by Gasteiger charge is -2.14. The molecular weight excluding hydrogens is 376 g/mol. The molecule has 0 saturated heterocycles. The fraction of sp³-hybridized carbons (Fsp3) is 0.238. The van der Waals surface area contributed by atoms with Crippen LogP contribution in [-0.2, 0) is 6.42 Å². The fourth-order valence-corrected chi connectivity index (χ4v) is 3.75. The summed E-state index contributed by atoms with van der Waals surface area (Å²) in [6.07, 6.45) is 2.67. The molecule has 2 aromatic heterocycles. The van der Waals surface area contributed by atoms with Gasteiger partial charge in [-0.3, -0.25) is 4.57 Å². The minimum Gasteiger partial charge on any atom is -0.339 e. The number of halogens is 1. The van der Waals surface area contributed by atoms with E-state index in [-0.39, 0.29) is 5.69 Å². The zero-order valence-electron chi connectivity index (χ0n) is 15.2. The van der Waals surface area contributed by atoms with Gasteiger partial charge in [0.15, 0.2) is 5.82 Å². The van der Waals surface area contributed by atoms with Crippen LogP contribution in [-0.4, -0.2) is 19.7 Å². The van der Waals surface area contributed by atoms with Crippen molar-refractivity contribution in [2.24, 2.45) is 0 Å². The first-order valence-corrected chi connectivity index (χ1v) is 9.57. The molecule has 5 rings (SSSR count). The molecule has 0 amide bonds. The summed E-state index contributed by atoms with van der Waals surface area (Å²) in [4.78, 5) is 21.6. The second kappa shape index (κ2) is 6.56. The van der Waals surface area contributed by atoms with Crippen LogP contribution in [0.5, 0.6) is 0 Å². The van der Waals surface area contributed by atoms with E-state index in [9.17, 15) is 4.79 Å². The SMILES string of the molecule is Cc1noc(Cc2nc(=O)n(-c3ccccc3Cl)c3cc(C4CC4)ccc23)n1. The Balaban J connectivity index is 1.76. The highest BCUT2D eigenvalue weighted by molar-refractivity contribution is 6.32. The van der Waals surface area contributed by atoms with Crippen molar-refractivity contribution in [1.82, 2.24) is 19.7 Å². The van der Waals surface area contributed by atoms with Gasteiger partial charge in [0, 0.05) is 5.39 Å². The lowest BCUT2D eigenvalue weighted by atomic mass is 10.0. The number of hydrogen-bond donors (Lipinski definition) is 0. The number of rotatable bonds is 4. The van der Waals surface area contributed by atoms with Gasteiger partial charge in [-0.25, -0.2) is 4.79 Å². The van der Waals surface area contributed by atoms with E-state index in [1.165, 1.54) is 18.4 Å². The summed E-state index contributed by atoms with van der Waals surface area (Å²) in [5.74, 6) is 1.56. The van der Waals surface area contributed by atoms with Crippen molar-refractivity contribution >= 4 is 22.5 Å². The van der Waals surface area contributed by atoms with Crippen molar-refractivity contribution in [1.29, 1.82) is 0 Å². The molecule has 7 heteroatoms. The third kappa shape index (κ3) is 2.99. The molecule has 6 nitrogen and oxygen atoms in total. The molecule has 0 radical (unpaired) electrons. The van der Waals surface area contributed by atoms with Crippen LogP contribution in [0.25, 0.3) is 16.6 Å². The van der Waals surface area contributed by atoms with Crippen molar-refractivity contribution in [2.45, 2.75) is 32.1 Å². The van der Waals surface area contributed by atoms with Gasteiger partial charge in [0.05, 0.1) is 28.3 Å². The van der Waals surface area contributed by atoms with E-state index in [1.54, 1.807) is 17.6 Å². The Kier molecular flexibility index (Phi) is 4.02. The largest absolute Gasteiger partial charge is 0.352 e. The molecule has 1 fully saturated rings. The van der Waals surface area contributed by atoms with Gasteiger partial charge in [-0.05, 0) is 49.4 Å². The van der Waals surface area contributed by atoms with Crippen LogP contribution in [0.2, 0.25) is 5.02 Å². The first-order valence-electron chi connectivity index (χ1n) is 9.20. The molecule has 2 heterocycles. The van der Waals surface area contributed by atoms with Crippen LogP contribution >= 0.6 is 11.6 Å². The lowest BCUT2D eigenvalue weighted by molar-refractivity contribution is 0.380. The molecule has 1 aliphatic rings. The Labute approximate surface area is 165 Å². The van der Waals surface area contributed by atoms with Gasteiger partial charge in [0.1, 0.15) is 0 Å². The predicted molar refractivity (Wildman–Crippen MR) is 106 cm³/mol. The van der Waals surface area contributed by atoms with Crippen molar-refractivity contribution in [3.63, 3.8) is 0 Å². The zero-order chi connectivity index (χ0) is 19.3. The van der Waals surface area contributed by atoms with Crippen LogP contribution in [0.4, 0.5) is 0 Å². The topological polar surface area (TPSA) is 73.8 Å². The minimum absolute atomic E-state index is 0.304. The monoisotopic (exact) mass is 392 g/mol. The molecule has 1 aliphatic carbocycles. The van der Waals surface area contributed by atoms with E-state index in [0.29, 0.717) is 40.5 Å². The average Bonchev–Trinajstić information content (AvgIpc) is 3.45. The van der Waals surface area contributed by atoms with Gasteiger partial charge < -0.3 is 4.52 Å². The molecular formula is C21H17ClN4O2. The van der Waals surface area contributed by atoms with Gasteiger partial charge in [0.2, 0.25) is 5.89 Å². The Bertz CT molecular complexity index is 1260. The quantitative estimate of drug-likeness (QED) is 0.520. The van der Waals surface area contributed by atoms with Crippen molar-refractivity contribution in [3.8, 4) is 5.69 Å². The number of aryl methyl sites for hydroxylation is 1. The smallest absolute Gasteiger partial charge is 0.339 e. The van der Waals surface area contributed by atoms with Crippen molar-refractivity contribution < 1.29 is 4.52 Å². The number of benzene rings is 2. The Hall–Kier alpha value is -2.99. The summed E-state index contributed by atoms with van der Waals surface area (Å²) < 4.78 is 6.82. The molecule has 0 unspecified atom stereocenters. The molecule has 4 aromatic rings. The van der Waals surface area contributed by atoms with E-state index >= 15 is 0 Å². The number of hydrogen-bond acceptors (Lipinski definition) is 5. The van der Waals surface area contributed by atoms with Crippen molar-refractivity contribution in [2.75, 3.05) is 0 Å². The number of nitrogens with zero attached hydrogens (tertiary/aromatic N) is 4. The average molecular weight is 393 g/mol. The summed E-state index contributed by atoms with van der Waals surface area (Å²) in [6.45, 7) is 1.76. The number of para-hydroxylation sites is 1. The maximum Gasteiger partial charge on any atom is 0.352 e. The van der Waals surface area contributed by atoms with E-state index in [4.69, 9.17) is 16.1 Å². The van der Waals surface area contributed by atoms with Gasteiger partial charge in [-0.1, -0.05) is 41.0 Å². The van der Waals surface area contributed by atoms with Gasteiger partial charge in [-0.2, -0.15) is 9.97 Å². The maximum absolute atomic E-state index is 13.0. The molecule has 1 saturated carbocycles. The second-order valence-corrected chi connectivity index (χ2v) is 7.50. The number of fused-ring (bicyclic) bond motifs is 1. The van der Waals surface area contributed by atoms with Gasteiger partial charge in [-0.15, -0.1) is 0 Å². The van der Waals surface area contributed by atoms with Crippen molar-refractivity contribution in [3.05, 3.63) is 80.9 Å².